The predicted octanol–water partition coefficient (Wildman–Crippen LogP) is 2.67. The first-order valence-corrected chi connectivity index (χ1v) is 7.95. The van der Waals surface area contributed by atoms with Crippen molar-refractivity contribution in [1.82, 2.24) is 0 Å². The molecule has 2 rings (SSSR count). The van der Waals surface area contributed by atoms with E-state index in [9.17, 15) is 19.5 Å². The number of amides is 1. The highest BCUT2D eigenvalue weighted by molar-refractivity contribution is 6.02. The molecule has 0 heterocycles. The van der Waals surface area contributed by atoms with Crippen molar-refractivity contribution in [3.63, 3.8) is 0 Å². The Bertz CT molecular complexity index is 831. The van der Waals surface area contributed by atoms with Gasteiger partial charge >= 0.3 is 11.9 Å². The van der Waals surface area contributed by atoms with Crippen LogP contribution in [0.3, 0.4) is 0 Å². The first-order chi connectivity index (χ1) is 12.4. The van der Waals surface area contributed by atoms with Gasteiger partial charge in [-0.3, -0.25) is 4.79 Å². The van der Waals surface area contributed by atoms with Gasteiger partial charge < -0.3 is 19.9 Å². The Morgan fingerprint density at radius 1 is 1.00 bits per heavy atom. The van der Waals surface area contributed by atoms with Gasteiger partial charge in [-0.15, -0.1) is 0 Å². The van der Waals surface area contributed by atoms with E-state index in [0.717, 1.165) is 5.56 Å². The zero-order valence-corrected chi connectivity index (χ0v) is 14.4. The van der Waals surface area contributed by atoms with Gasteiger partial charge in [-0.05, 0) is 43.7 Å². The lowest BCUT2D eigenvalue weighted by molar-refractivity contribution is -0.119. The summed E-state index contributed by atoms with van der Waals surface area (Å²) in [5.74, 6) is -2.23. The van der Waals surface area contributed by atoms with E-state index in [-0.39, 0.29) is 29.2 Å². The van der Waals surface area contributed by atoms with Crippen molar-refractivity contribution < 1.29 is 29.0 Å². The van der Waals surface area contributed by atoms with Crippen LogP contribution in [0.5, 0.6) is 5.75 Å². The second-order valence-corrected chi connectivity index (χ2v) is 5.41. The molecule has 0 aliphatic rings. The van der Waals surface area contributed by atoms with Crippen molar-refractivity contribution in [3.8, 4) is 5.75 Å². The van der Waals surface area contributed by atoms with Gasteiger partial charge in [-0.1, -0.05) is 18.2 Å². The number of hydrogen-bond acceptors (Lipinski definition) is 6. The number of nitrogens with one attached hydrogen (secondary N) is 1. The Labute approximate surface area is 150 Å². The minimum Gasteiger partial charge on any atom is -0.507 e. The summed E-state index contributed by atoms with van der Waals surface area (Å²) in [6, 6.07) is 10.8. The quantitative estimate of drug-likeness (QED) is 0.771. The van der Waals surface area contributed by atoms with Crippen molar-refractivity contribution in [3.05, 3.63) is 59.2 Å². The number of ether oxygens (including phenoxy) is 2. The average Bonchev–Trinajstić information content (AvgIpc) is 2.60. The SMILES string of the molecule is CCOC(=O)c1ccccc1NC(=O)COC(=O)c1ccc(C)cc1O. The van der Waals surface area contributed by atoms with Crippen molar-refractivity contribution >= 4 is 23.5 Å². The van der Waals surface area contributed by atoms with E-state index in [4.69, 9.17) is 9.47 Å². The molecule has 0 saturated carbocycles. The minimum absolute atomic E-state index is 0.0321. The van der Waals surface area contributed by atoms with Gasteiger partial charge in [0.15, 0.2) is 6.61 Å². The molecular weight excluding hydrogens is 338 g/mol. The fourth-order valence-corrected chi connectivity index (χ4v) is 2.19. The van der Waals surface area contributed by atoms with Crippen molar-refractivity contribution in [2.24, 2.45) is 0 Å². The van der Waals surface area contributed by atoms with Gasteiger partial charge in [0.2, 0.25) is 0 Å². The number of aryl methyl sites for hydroxylation is 1. The topological polar surface area (TPSA) is 102 Å². The number of carbonyl (C=O) groups excluding carboxylic acids is 3. The van der Waals surface area contributed by atoms with Gasteiger partial charge in [-0.25, -0.2) is 9.59 Å². The molecule has 0 radical (unpaired) electrons. The third-order valence-electron chi connectivity index (χ3n) is 3.40. The summed E-state index contributed by atoms with van der Waals surface area (Å²) in [4.78, 5) is 35.9. The molecular formula is C19H19NO6. The fraction of sp³-hybridized carbons (Fsp3) is 0.211. The van der Waals surface area contributed by atoms with E-state index in [0.29, 0.717) is 0 Å². The van der Waals surface area contributed by atoms with Gasteiger partial charge in [0, 0.05) is 0 Å². The highest BCUT2D eigenvalue weighted by Gasteiger charge is 2.17. The molecule has 0 saturated heterocycles. The predicted molar refractivity (Wildman–Crippen MR) is 94.2 cm³/mol. The fourth-order valence-electron chi connectivity index (χ4n) is 2.19. The van der Waals surface area contributed by atoms with Crippen molar-refractivity contribution in [2.45, 2.75) is 13.8 Å². The van der Waals surface area contributed by atoms with E-state index < -0.39 is 24.5 Å². The van der Waals surface area contributed by atoms with Crippen LogP contribution in [0.15, 0.2) is 42.5 Å². The van der Waals surface area contributed by atoms with Gasteiger partial charge in [0.25, 0.3) is 5.91 Å². The Morgan fingerprint density at radius 3 is 2.38 bits per heavy atom. The lowest BCUT2D eigenvalue weighted by atomic mass is 10.1. The van der Waals surface area contributed by atoms with Crippen LogP contribution in [0.4, 0.5) is 5.69 Å². The Morgan fingerprint density at radius 2 is 1.69 bits per heavy atom. The van der Waals surface area contributed by atoms with Crippen LogP contribution in [-0.2, 0) is 14.3 Å². The van der Waals surface area contributed by atoms with Crippen LogP contribution in [0, 0.1) is 6.92 Å². The summed E-state index contributed by atoms with van der Waals surface area (Å²) in [5.41, 5.74) is 1.21. The molecule has 0 fully saturated rings. The zero-order valence-electron chi connectivity index (χ0n) is 14.4. The zero-order chi connectivity index (χ0) is 19.1. The Hall–Kier alpha value is -3.35. The summed E-state index contributed by atoms with van der Waals surface area (Å²) in [7, 11) is 0. The number of phenols is 1. The van der Waals surface area contributed by atoms with E-state index in [2.05, 4.69) is 5.32 Å². The van der Waals surface area contributed by atoms with E-state index >= 15 is 0 Å². The molecule has 7 nitrogen and oxygen atoms in total. The Balaban J connectivity index is 1.99. The van der Waals surface area contributed by atoms with Gasteiger partial charge in [0.1, 0.15) is 11.3 Å². The molecule has 0 spiro atoms. The number of carbonyl (C=O) groups is 3. The highest BCUT2D eigenvalue weighted by atomic mass is 16.5. The molecule has 0 aliphatic carbocycles. The molecule has 2 aromatic rings. The second kappa shape index (κ2) is 8.66. The number of esters is 2. The molecule has 0 unspecified atom stereocenters. The van der Waals surface area contributed by atoms with Crippen LogP contribution in [-0.4, -0.2) is 36.2 Å². The maximum Gasteiger partial charge on any atom is 0.342 e. The Kier molecular flexibility index (Phi) is 6.32. The standard InChI is InChI=1S/C19H19NO6/c1-3-25-18(23)13-6-4-5-7-15(13)20-17(22)11-26-19(24)14-9-8-12(2)10-16(14)21/h4-10,21H,3,11H2,1-2H3,(H,20,22). The number of phenolic OH excluding ortho intramolecular Hbond substituents is 1. The van der Waals surface area contributed by atoms with Crippen LogP contribution in [0.1, 0.15) is 33.2 Å². The van der Waals surface area contributed by atoms with Crippen LogP contribution >= 0.6 is 0 Å². The van der Waals surface area contributed by atoms with Gasteiger partial charge in [0.05, 0.1) is 17.9 Å². The molecule has 2 aromatic carbocycles. The average molecular weight is 357 g/mol. The van der Waals surface area contributed by atoms with E-state index in [1.165, 1.54) is 24.3 Å². The van der Waals surface area contributed by atoms with Crippen LogP contribution < -0.4 is 5.32 Å². The molecule has 26 heavy (non-hydrogen) atoms. The van der Waals surface area contributed by atoms with Crippen LogP contribution in [0.2, 0.25) is 0 Å². The molecule has 7 heteroatoms. The normalized spacial score (nSPS) is 10.1. The molecule has 0 aliphatic heterocycles. The number of hydrogen-bond donors (Lipinski definition) is 2. The third kappa shape index (κ3) is 4.83. The number of para-hydroxylation sites is 1. The first-order valence-electron chi connectivity index (χ1n) is 7.95. The summed E-state index contributed by atoms with van der Waals surface area (Å²) in [5, 5.41) is 12.3. The molecule has 1 amide bonds. The van der Waals surface area contributed by atoms with Gasteiger partial charge in [-0.2, -0.15) is 0 Å². The number of benzene rings is 2. The second-order valence-electron chi connectivity index (χ2n) is 5.41. The molecule has 0 bridgehead atoms. The van der Waals surface area contributed by atoms with E-state index in [1.807, 2.05) is 0 Å². The molecule has 0 atom stereocenters. The summed E-state index contributed by atoms with van der Waals surface area (Å²) in [6.07, 6.45) is 0. The highest BCUT2D eigenvalue weighted by Crippen LogP contribution is 2.19. The lowest BCUT2D eigenvalue weighted by Gasteiger charge is -2.11. The monoisotopic (exact) mass is 357 g/mol. The largest absolute Gasteiger partial charge is 0.507 e. The summed E-state index contributed by atoms with van der Waals surface area (Å²) >= 11 is 0. The molecule has 136 valence electrons. The maximum atomic E-state index is 12.0. The lowest BCUT2D eigenvalue weighted by Crippen LogP contribution is -2.22. The van der Waals surface area contributed by atoms with E-state index in [1.54, 1.807) is 32.0 Å². The first kappa shape index (κ1) is 19.0. The number of anilines is 1. The maximum absolute atomic E-state index is 12.0. The molecule has 2 N–H and O–H groups in total. The number of rotatable bonds is 6. The van der Waals surface area contributed by atoms with Crippen LogP contribution in [0.25, 0.3) is 0 Å². The molecule has 0 aromatic heterocycles. The summed E-state index contributed by atoms with van der Waals surface area (Å²) < 4.78 is 9.83. The van der Waals surface area contributed by atoms with Crippen molar-refractivity contribution in [1.29, 1.82) is 0 Å². The summed E-state index contributed by atoms with van der Waals surface area (Å²) in [6.45, 7) is 3.09. The number of aromatic hydroxyl groups is 1. The minimum atomic E-state index is -0.823. The smallest absolute Gasteiger partial charge is 0.342 e. The van der Waals surface area contributed by atoms with Crippen molar-refractivity contribution in [2.75, 3.05) is 18.5 Å². The third-order valence-corrected chi connectivity index (χ3v) is 3.40.